The van der Waals surface area contributed by atoms with E-state index in [0.29, 0.717) is 0 Å². The second-order valence-corrected chi connectivity index (χ2v) is 8.49. The molecule has 144 valence electrons. The molecule has 31 heavy (non-hydrogen) atoms. The van der Waals surface area contributed by atoms with Gasteiger partial charge in [0, 0.05) is 41.3 Å². The quantitative estimate of drug-likeness (QED) is 0.315. The molecule has 0 spiro atoms. The summed E-state index contributed by atoms with van der Waals surface area (Å²) in [7, 11) is 0. The molecule has 0 aliphatic heterocycles. The Hall–Kier alpha value is -4.05. The first-order chi connectivity index (χ1) is 15.4. The summed E-state index contributed by atoms with van der Waals surface area (Å²) < 4.78 is 2.33. The minimum absolute atomic E-state index is 0.887. The van der Waals surface area contributed by atoms with Crippen molar-refractivity contribution in [3.8, 4) is 22.4 Å². The number of benzene rings is 2. The zero-order valence-corrected chi connectivity index (χ0v) is 16.6. The van der Waals surface area contributed by atoms with Gasteiger partial charge in [0.25, 0.3) is 0 Å². The van der Waals surface area contributed by atoms with Crippen molar-refractivity contribution in [1.82, 2.24) is 19.4 Å². The molecule has 0 N–H and O–H groups in total. The molecular weight excluding hydrogens is 380 g/mol. The maximum Gasteiger partial charge on any atom is 0.147 e. The molecule has 4 heterocycles. The highest BCUT2D eigenvalue weighted by molar-refractivity contribution is 6.10. The Morgan fingerprint density at radius 2 is 1.65 bits per heavy atom. The summed E-state index contributed by atoms with van der Waals surface area (Å²) in [5, 5.41) is 2.14. The molecule has 0 amide bonds. The van der Waals surface area contributed by atoms with Gasteiger partial charge in [0.2, 0.25) is 0 Å². The molecule has 2 aliphatic carbocycles. The predicted octanol–water partition coefficient (Wildman–Crippen LogP) is 5.57. The van der Waals surface area contributed by atoms with Crippen LogP contribution in [-0.2, 0) is 12.8 Å². The standard InChI is InChI=1S/C27H16N4/c1-2-5-16-15(4-1)12-20-17(16)7-8-18-21(20)13-23-26(18)31-24-9-11-28-14-22(24)25-19(27(31)30-23)6-3-10-29-25/h1-11,14H,12-13H2. The molecular formula is C27H16N4. The zero-order valence-electron chi connectivity index (χ0n) is 16.6. The highest BCUT2D eigenvalue weighted by Crippen LogP contribution is 2.47. The van der Waals surface area contributed by atoms with E-state index in [9.17, 15) is 0 Å². The number of pyridine rings is 3. The molecule has 8 rings (SSSR count). The van der Waals surface area contributed by atoms with E-state index in [-0.39, 0.29) is 0 Å². The normalized spacial score (nSPS) is 13.5. The Labute approximate surface area is 177 Å². The smallest absolute Gasteiger partial charge is 0.147 e. The summed E-state index contributed by atoms with van der Waals surface area (Å²) in [6.45, 7) is 0. The molecule has 4 nitrogen and oxygen atoms in total. The van der Waals surface area contributed by atoms with Crippen LogP contribution in [0, 0.1) is 0 Å². The third-order valence-electron chi connectivity index (χ3n) is 7.00. The van der Waals surface area contributed by atoms with Gasteiger partial charge in [0.05, 0.1) is 22.4 Å². The molecule has 4 aromatic heterocycles. The van der Waals surface area contributed by atoms with Crippen LogP contribution in [0.1, 0.15) is 22.4 Å². The molecule has 0 saturated heterocycles. The summed E-state index contributed by atoms with van der Waals surface area (Å²) in [4.78, 5) is 14.2. The molecule has 6 aromatic rings. The highest BCUT2D eigenvalue weighted by atomic mass is 15.0. The van der Waals surface area contributed by atoms with Gasteiger partial charge in [-0.1, -0.05) is 36.4 Å². The summed E-state index contributed by atoms with van der Waals surface area (Å²) >= 11 is 0. The Kier molecular flexibility index (Phi) is 2.72. The van der Waals surface area contributed by atoms with Gasteiger partial charge in [-0.05, 0) is 52.4 Å². The van der Waals surface area contributed by atoms with Crippen molar-refractivity contribution in [2.75, 3.05) is 0 Å². The number of rotatable bonds is 0. The van der Waals surface area contributed by atoms with Crippen molar-refractivity contribution in [2.24, 2.45) is 0 Å². The van der Waals surface area contributed by atoms with E-state index >= 15 is 0 Å². The Balaban J connectivity index is 1.49. The minimum Gasteiger partial charge on any atom is -0.291 e. The number of hydrogen-bond donors (Lipinski definition) is 0. The number of aromatic nitrogens is 4. The fourth-order valence-corrected chi connectivity index (χ4v) is 5.71. The number of hydrogen-bond acceptors (Lipinski definition) is 3. The first kappa shape index (κ1) is 15.7. The monoisotopic (exact) mass is 396 g/mol. The molecule has 0 bridgehead atoms. The van der Waals surface area contributed by atoms with Crippen LogP contribution in [0.2, 0.25) is 0 Å². The van der Waals surface area contributed by atoms with Crippen LogP contribution in [0.15, 0.2) is 73.2 Å². The van der Waals surface area contributed by atoms with Gasteiger partial charge in [-0.25, -0.2) is 4.98 Å². The largest absolute Gasteiger partial charge is 0.291 e. The Morgan fingerprint density at radius 3 is 2.65 bits per heavy atom. The minimum atomic E-state index is 0.887. The SMILES string of the molecule is c1ccc2c(c1)Cc1c-2ccc2c1Cc1nc3c4cccnc4c4cnccc4n3c1-2. The zero-order chi connectivity index (χ0) is 20.1. The maximum atomic E-state index is 5.16. The third kappa shape index (κ3) is 1.84. The Bertz CT molecular complexity index is 1740. The van der Waals surface area contributed by atoms with Crippen LogP contribution in [0.5, 0.6) is 0 Å². The van der Waals surface area contributed by atoms with Gasteiger partial charge in [-0.2, -0.15) is 0 Å². The average molecular weight is 396 g/mol. The topological polar surface area (TPSA) is 43.1 Å². The molecule has 0 radical (unpaired) electrons. The van der Waals surface area contributed by atoms with Gasteiger partial charge < -0.3 is 0 Å². The van der Waals surface area contributed by atoms with Crippen molar-refractivity contribution >= 4 is 27.5 Å². The highest BCUT2D eigenvalue weighted by Gasteiger charge is 2.31. The number of fused-ring (bicyclic) bond motifs is 14. The van der Waals surface area contributed by atoms with Crippen LogP contribution in [0.4, 0.5) is 0 Å². The van der Waals surface area contributed by atoms with Crippen molar-refractivity contribution < 1.29 is 0 Å². The van der Waals surface area contributed by atoms with Gasteiger partial charge in [-0.15, -0.1) is 0 Å². The van der Waals surface area contributed by atoms with Gasteiger partial charge in [-0.3, -0.25) is 14.4 Å². The Morgan fingerprint density at radius 1 is 0.742 bits per heavy atom. The molecule has 0 atom stereocenters. The summed E-state index contributed by atoms with van der Waals surface area (Å²) in [6, 6.07) is 19.6. The molecule has 2 aliphatic rings. The summed E-state index contributed by atoms with van der Waals surface area (Å²) in [5.41, 5.74) is 13.9. The number of imidazole rings is 1. The number of nitrogens with zero attached hydrogens (tertiary/aromatic N) is 4. The molecule has 0 unspecified atom stereocenters. The first-order valence-corrected chi connectivity index (χ1v) is 10.6. The van der Waals surface area contributed by atoms with Crippen LogP contribution >= 0.6 is 0 Å². The van der Waals surface area contributed by atoms with Crippen LogP contribution in [0.25, 0.3) is 49.8 Å². The lowest BCUT2D eigenvalue weighted by molar-refractivity contribution is 1.12. The van der Waals surface area contributed by atoms with Crippen LogP contribution in [0.3, 0.4) is 0 Å². The molecule has 0 fully saturated rings. The van der Waals surface area contributed by atoms with E-state index in [2.05, 4.69) is 62.9 Å². The average Bonchev–Trinajstić information content (AvgIpc) is 3.48. The fourth-order valence-electron chi connectivity index (χ4n) is 5.71. The lowest BCUT2D eigenvalue weighted by atomic mass is 9.97. The van der Waals surface area contributed by atoms with Gasteiger partial charge in [0.15, 0.2) is 0 Å². The van der Waals surface area contributed by atoms with E-state index in [1.165, 1.54) is 39.1 Å². The molecule has 0 saturated carbocycles. The van der Waals surface area contributed by atoms with E-state index in [4.69, 9.17) is 4.98 Å². The second kappa shape index (κ2) is 5.35. The van der Waals surface area contributed by atoms with Crippen molar-refractivity contribution in [3.63, 3.8) is 0 Å². The van der Waals surface area contributed by atoms with Crippen molar-refractivity contribution in [2.45, 2.75) is 12.8 Å². The van der Waals surface area contributed by atoms with Gasteiger partial charge in [0.1, 0.15) is 5.65 Å². The van der Waals surface area contributed by atoms with Crippen LogP contribution in [-0.4, -0.2) is 19.4 Å². The van der Waals surface area contributed by atoms with Crippen LogP contribution < -0.4 is 0 Å². The summed E-state index contributed by atoms with van der Waals surface area (Å²) in [6.07, 6.45) is 7.53. The fraction of sp³-hybridized carbons (Fsp3) is 0.0741. The predicted molar refractivity (Wildman–Crippen MR) is 122 cm³/mol. The van der Waals surface area contributed by atoms with E-state index < -0.39 is 0 Å². The van der Waals surface area contributed by atoms with Gasteiger partial charge >= 0.3 is 0 Å². The first-order valence-electron chi connectivity index (χ1n) is 10.6. The maximum absolute atomic E-state index is 5.16. The second-order valence-electron chi connectivity index (χ2n) is 8.49. The van der Waals surface area contributed by atoms with E-state index in [1.54, 1.807) is 0 Å². The molecule has 2 aromatic carbocycles. The van der Waals surface area contributed by atoms with E-state index in [1.807, 2.05) is 24.7 Å². The third-order valence-corrected chi connectivity index (χ3v) is 7.00. The van der Waals surface area contributed by atoms with Crippen molar-refractivity contribution in [3.05, 3.63) is 95.6 Å². The van der Waals surface area contributed by atoms with Crippen molar-refractivity contribution in [1.29, 1.82) is 0 Å². The summed E-state index contributed by atoms with van der Waals surface area (Å²) in [5.74, 6) is 0. The molecule has 4 heteroatoms. The lowest BCUT2D eigenvalue weighted by Crippen LogP contribution is -1.97. The lowest BCUT2D eigenvalue weighted by Gasteiger charge is -2.12. The van der Waals surface area contributed by atoms with E-state index in [0.717, 1.165) is 46.0 Å².